The SMILES string of the molecule is CN(C)C(=O)c1cncc(N2C[C@@H](Cc3ccncc3)[C@@H](O)C2)n1.O=CO. The van der Waals surface area contributed by atoms with E-state index in [2.05, 4.69) is 15.0 Å². The average molecular weight is 373 g/mol. The lowest BCUT2D eigenvalue weighted by molar-refractivity contribution is -0.122. The van der Waals surface area contributed by atoms with E-state index in [0.29, 0.717) is 24.6 Å². The Kier molecular flexibility index (Phi) is 7.18. The van der Waals surface area contributed by atoms with Gasteiger partial charge in [0, 0.05) is 45.5 Å². The molecule has 9 nitrogen and oxygen atoms in total. The number of aliphatic hydroxyl groups is 1. The minimum absolute atomic E-state index is 0.113. The Morgan fingerprint density at radius 1 is 1.26 bits per heavy atom. The molecule has 1 fully saturated rings. The first-order valence-electron chi connectivity index (χ1n) is 8.39. The minimum atomic E-state index is -0.437. The molecule has 27 heavy (non-hydrogen) atoms. The number of carbonyl (C=O) groups is 2. The maximum Gasteiger partial charge on any atom is 0.290 e. The summed E-state index contributed by atoms with van der Waals surface area (Å²) in [6, 6.07) is 3.93. The molecule has 0 aliphatic carbocycles. The number of nitrogens with zero attached hydrogens (tertiary/aromatic N) is 5. The quantitative estimate of drug-likeness (QED) is 0.735. The van der Waals surface area contributed by atoms with Gasteiger partial charge in [-0.15, -0.1) is 0 Å². The number of pyridine rings is 1. The molecule has 0 saturated carbocycles. The summed E-state index contributed by atoms with van der Waals surface area (Å²) in [5.74, 6) is 0.554. The summed E-state index contributed by atoms with van der Waals surface area (Å²) < 4.78 is 0. The van der Waals surface area contributed by atoms with Crippen LogP contribution in [0.15, 0.2) is 36.9 Å². The Bertz CT molecular complexity index is 756. The van der Waals surface area contributed by atoms with Gasteiger partial charge in [-0.2, -0.15) is 0 Å². The maximum absolute atomic E-state index is 12.0. The van der Waals surface area contributed by atoms with Gasteiger partial charge in [0.1, 0.15) is 11.5 Å². The van der Waals surface area contributed by atoms with E-state index in [0.717, 1.165) is 12.0 Å². The number of carbonyl (C=O) groups excluding carboxylic acids is 1. The zero-order valence-corrected chi connectivity index (χ0v) is 15.3. The number of hydrogen-bond acceptors (Lipinski definition) is 7. The minimum Gasteiger partial charge on any atom is -0.483 e. The van der Waals surface area contributed by atoms with Gasteiger partial charge >= 0.3 is 0 Å². The van der Waals surface area contributed by atoms with Crippen molar-refractivity contribution in [3.05, 3.63) is 48.2 Å². The van der Waals surface area contributed by atoms with Crippen LogP contribution in [0.2, 0.25) is 0 Å². The molecule has 0 radical (unpaired) electrons. The fourth-order valence-electron chi connectivity index (χ4n) is 2.90. The highest BCUT2D eigenvalue weighted by Gasteiger charge is 2.32. The number of rotatable bonds is 4. The van der Waals surface area contributed by atoms with Crippen LogP contribution in [0.1, 0.15) is 16.1 Å². The molecule has 1 aliphatic heterocycles. The zero-order chi connectivity index (χ0) is 19.8. The van der Waals surface area contributed by atoms with Gasteiger partial charge in [-0.25, -0.2) is 4.98 Å². The summed E-state index contributed by atoms with van der Waals surface area (Å²) in [6.45, 7) is 0.918. The van der Waals surface area contributed by atoms with Crippen LogP contribution in [-0.4, -0.2) is 75.7 Å². The summed E-state index contributed by atoms with van der Waals surface area (Å²) in [5, 5.41) is 17.3. The maximum atomic E-state index is 12.0. The van der Waals surface area contributed by atoms with Crippen molar-refractivity contribution in [2.24, 2.45) is 5.92 Å². The van der Waals surface area contributed by atoms with E-state index in [4.69, 9.17) is 9.90 Å². The zero-order valence-electron chi connectivity index (χ0n) is 15.3. The Morgan fingerprint density at radius 2 is 1.93 bits per heavy atom. The molecule has 0 aromatic carbocycles. The molecule has 2 N–H and O–H groups in total. The first-order chi connectivity index (χ1) is 13.0. The summed E-state index contributed by atoms with van der Waals surface area (Å²) in [5.41, 5.74) is 1.46. The molecular formula is C18H23N5O4. The molecule has 0 bridgehead atoms. The highest BCUT2D eigenvalue weighted by molar-refractivity contribution is 5.91. The van der Waals surface area contributed by atoms with Crippen molar-refractivity contribution in [3.63, 3.8) is 0 Å². The molecule has 1 aliphatic rings. The lowest BCUT2D eigenvalue weighted by Gasteiger charge is -2.18. The van der Waals surface area contributed by atoms with Gasteiger partial charge in [0.05, 0.1) is 18.5 Å². The van der Waals surface area contributed by atoms with E-state index in [9.17, 15) is 9.90 Å². The van der Waals surface area contributed by atoms with Crippen LogP contribution in [0.3, 0.4) is 0 Å². The third-order valence-electron chi connectivity index (χ3n) is 4.22. The lowest BCUT2D eigenvalue weighted by atomic mass is 9.97. The van der Waals surface area contributed by atoms with Crippen molar-refractivity contribution in [1.82, 2.24) is 19.9 Å². The molecule has 9 heteroatoms. The van der Waals surface area contributed by atoms with Gasteiger partial charge in [-0.1, -0.05) is 0 Å². The number of hydrogen-bond donors (Lipinski definition) is 2. The van der Waals surface area contributed by atoms with Crippen LogP contribution in [0.25, 0.3) is 0 Å². The molecule has 2 atom stereocenters. The van der Waals surface area contributed by atoms with Gasteiger partial charge in [0.25, 0.3) is 12.4 Å². The Labute approximate surface area is 157 Å². The molecule has 144 valence electrons. The van der Waals surface area contributed by atoms with Gasteiger partial charge in [0.15, 0.2) is 0 Å². The number of β-amino-alcohol motifs (C(OH)–C–C–N with tert-alkyl or cyclic N) is 1. The number of aromatic nitrogens is 3. The number of anilines is 1. The van der Waals surface area contributed by atoms with Crippen molar-refractivity contribution in [1.29, 1.82) is 0 Å². The molecule has 1 amide bonds. The van der Waals surface area contributed by atoms with E-state index < -0.39 is 6.10 Å². The Balaban J connectivity index is 0.000000817. The van der Waals surface area contributed by atoms with Crippen LogP contribution in [0.5, 0.6) is 0 Å². The predicted molar refractivity (Wildman–Crippen MR) is 98.4 cm³/mol. The van der Waals surface area contributed by atoms with Crippen molar-refractivity contribution in [3.8, 4) is 0 Å². The summed E-state index contributed by atoms with van der Waals surface area (Å²) in [7, 11) is 3.36. The molecule has 2 aromatic rings. The van der Waals surface area contributed by atoms with Gasteiger partial charge in [0.2, 0.25) is 0 Å². The lowest BCUT2D eigenvalue weighted by Crippen LogP contribution is -2.26. The van der Waals surface area contributed by atoms with Crippen molar-refractivity contribution in [2.75, 3.05) is 32.1 Å². The molecule has 1 saturated heterocycles. The molecule has 2 aromatic heterocycles. The van der Waals surface area contributed by atoms with Gasteiger partial charge in [-0.3, -0.25) is 19.6 Å². The topological polar surface area (TPSA) is 120 Å². The molecular weight excluding hydrogens is 350 g/mol. The third kappa shape index (κ3) is 5.45. The second-order valence-electron chi connectivity index (χ2n) is 6.36. The van der Waals surface area contributed by atoms with Gasteiger partial charge in [-0.05, 0) is 24.1 Å². The van der Waals surface area contributed by atoms with Crippen LogP contribution >= 0.6 is 0 Å². The second kappa shape index (κ2) is 9.58. The van der Waals surface area contributed by atoms with Crippen LogP contribution in [0.4, 0.5) is 5.82 Å². The fourth-order valence-corrected chi connectivity index (χ4v) is 2.90. The summed E-state index contributed by atoms with van der Waals surface area (Å²) >= 11 is 0. The largest absolute Gasteiger partial charge is 0.483 e. The molecule has 3 rings (SSSR count). The first-order valence-corrected chi connectivity index (χ1v) is 8.39. The second-order valence-corrected chi connectivity index (χ2v) is 6.36. The molecule has 0 spiro atoms. The average Bonchev–Trinajstić information content (AvgIpc) is 3.03. The predicted octanol–water partition coefficient (Wildman–Crippen LogP) is 0.314. The summed E-state index contributed by atoms with van der Waals surface area (Å²) in [4.78, 5) is 36.4. The third-order valence-corrected chi connectivity index (χ3v) is 4.22. The summed E-state index contributed by atoms with van der Waals surface area (Å²) in [6.07, 6.45) is 6.96. The van der Waals surface area contributed by atoms with E-state index in [1.54, 1.807) is 32.7 Å². The normalized spacial score (nSPS) is 18.4. The highest BCUT2D eigenvalue weighted by Crippen LogP contribution is 2.25. The monoisotopic (exact) mass is 373 g/mol. The Hall–Kier alpha value is -3.07. The van der Waals surface area contributed by atoms with Crippen molar-refractivity contribution < 1.29 is 19.8 Å². The number of aliphatic hydroxyl groups excluding tert-OH is 1. The van der Waals surface area contributed by atoms with Crippen LogP contribution in [-0.2, 0) is 11.2 Å². The van der Waals surface area contributed by atoms with Crippen LogP contribution < -0.4 is 4.90 Å². The van der Waals surface area contributed by atoms with Crippen molar-refractivity contribution in [2.45, 2.75) is 12.5 Å². The highest BCUT2D eigenvalue weighted by atomic mass is 16.3. The van der Waals surface area contributed by atoms with E-state index >= 15 is 0 Å². The van der Waals surface area contributed by atoms with Crippen LogP contribution in [0, 0.1) is 5.92 Å². The molecule has 0 unspecified atom stereocenters. The van der Waals surface area contributed by atoms with Crippen molar-refractivity contribution >= 4 is 18.2 Å². The molecule has 3 heterocycles. The standard InChI is InChI=1S/C17H21N5O2.CH2O2/c1-21(2)17(24)14-8-19-9-16(20-14)22-10-13(15(23)11-22)7-12-3-5-18-6-4-12;2-1-3/h3-6,8-9,13,15,23H,7,10-11H2,1-2H3;1H,(H,2,3)/t13-,15+;/m1./s1. The van der Waals surface area contributed by atoms with E-state index in [-0.39, 0.29) is 18.3 Å². The Morgan fingerprint density at radius 3 is 2.56 bits per heavy atom. The number of carboxylic acid groups (broad SMARTS) is 1. The smallest absolute Gasteiger partial charge is 0.290 e. The number of amides is 1. The van der Waals surface area contributed by atoms with Gasteiger partial charge < -0.3 is 20.0 Å². The fraction of sp³-hybridized carbons (Fsp3) is 0.389. The van der Waals surface area contributed by atoms with E-state index in [1.165, 1.54) is 11.1 Å². The van der Waals surface area contributed by atoms with E-state index in [1.807, 2.05) is 17.0 Å². The first kappa shape index (κ1) is 20.2.